The molecule has 2 atom stereocenters. The van der Waals surface area contributed by atoms with Crippen molar-refractivity contribution in [3.63, 3.8) is 0 Å². The SMILES string of the molecule is CNC(=O)C1CCCN(C(=O)C2CCNC2)C1. The number of likely N-dealkylation sites (tertiary alicyclic amines) is 1. The van der Waals surface area contributed by atoms with E-state index in [1.54, 1.807) is 7.05 Å². The van der Waals surface area contributed by atoms with Crippen molar-refractivity contribution in [1.29, 1.82) is 0 Å². The van der Waals surface area contributed by atoms with E-state index in [1.165, 1.54) is 0 Å². The number of carbonyl (C=O) groups excluding carboxylic acids is 2. The molecule has 5 nitrogen and oxygen atoms in total. The molecule has 0 aromatic carbocycles. The van der Waals surface area contributed by atoms with Crippen LogP contribution in [0.3, 0.4) is 0 Å². The van der Waals surface area contributed by atoms with E-state index in [4.69, 9.17) is 0 Å². The maximum absolute atomic E-state index is 12.2. The van der Waals surface area contributed by atoms with Crippen molar-refractivity contribution in [3.05, 3.63) is 0 Å². The molecule has 0 spiro atoms. The Labute approximate surface area is 102 Å². The summed E-state index contributed by atoms with van der Waals surface area (Å²) in [5.74, 6) is 0.390. The zero-order valence-corrected chi connectivity index (χ0v) is 10.4. The smallest absolute Gasteiger partial charge is 0.227 e. The number of nitrogens with one attached hydrogen (secondary N) is 2. The molecule has 0 bridgehead atoms. The van der Waals surface area contributed by atoms with Gasteiger partial charge in [-0.2, -0.15) is 0 Å². The van der Waals surface area contributed by atoms with Crippen molar-refractivity contribution < 1.29 is 9.59 Å². The summed E-state index contributed by atoms with van der Waals surface area (Å²) < 4.78 is 0. The quantitative estimate of drug-likeness (QED) is 0.688. The average molecular weight is 239 g/mol. The average Bonchev–Trinajstić information content (AvgIpc) is 2.91. The second-order valence-corrected chi connectivity index (χ2v) is 4.93. The van der Waals surface area contributed by atoms with Crippen LogP contribution >= 0.6 is 0 Å². The van der Waals surface area contributed by atoms with Crippen LogP contribution in [0.25, 0.3) is 0 Å². The fourth-order valence-corrected chi connectivity index (χ4v) is 2.72. The van der Waals surface area contributed by atoms with Crippen molar-refractivity contribution in [2.24, 2.45) is 11.8 Å². The summed E-state index contributed by atoms with van der Waals surface area (Å²) in [5.41, 5.74) is 0. The van der Waals surface area contributed by atoms with E-state index < -0.39 is 0 Å². The first-order valence-corrected chi connectivity index (χ1v) is 6.43. The summed E-state index contributed by atoms with van der Waals surface area (Å²) in [7, 11) is 1.66. The number of hydrogen-bond acceptors (Lipinski definition) is 3. The summed E-state index contributed by atoms with van der Waals surface area (Å²) in [6, 6.07) is 0. The van der Waals surface area contributed by atoms with Crippen LogP contribution in [0, 0.1) is 11.8 Å². The lowest BCUT2D eigenvalue weighted by molar-refractivity contribution is -0.138. The molecular formula is C12H21N3O2. The van der Waals surface area contributed by atoms with Gasteiger partial charge in [0.15, 0.2) is 0 Å². The fraction of sp³-hybridized carbons (Fsp3) is 0.833. The third kappa shape index (κ3) is 2.77. The van der Waals surface area contributed by atoms with Gasteiger partial charge >= 0.3 is 0 Å². The predicted molar refractivity (Wildman–Crippen MR) is 64.3 cm³/mol. The molecule has 2 saturated heterocycles. The van der Waals surface area contributed by atoms with E-state index in [0.29, 0.717) is 6.54 Å². The van der Waals surface area contributed by atoms with Crippen molar-refractivity contribution in [1.82, 2.24) is 15.5 Å². The van der Waals surface area contributed by atoms with Gasteiger partial charge in [-0.15, -0.1) is 0 Å². The van der Waals surface area contributed by atoms with Crippen LogP contribution in [-0.4, -0.2) is 49.9 Å². The number of hydrogen-bond donors (Lipinski definition) is 2. The molecule has 2 fully saturated rings. The van der Waals surface area contributed by atoms with E-state index in [-0.39, 0.29) is 23.7 Å². The first-order chi connectivity index (χ1) is 8.22. The van der Waals surface area contributed by atoms with Crippen LogP contribution < -0.4 is 10.6 Å². The van der Waals surface area contributed by atoms with E-state index in [1.807, 2.05) is 4.90 Å². The largest absolute Gasteiger partial charge is 0.359 e. The van der Waals surface area contributed by atoms with Gasteiger partial charge in [0.05, 0.1) is 11.8 Å². The summed E-state index contributed by atoms with van der Waals surface area (Å²) >= 11 is 0. The Balaban J connectivity index is 1.92. The molecule has 2 rings (SSSR count). The van der Waals surface area contributed by atoms with Gasteiger partial charge in [-0.3, -0.25) is 9.59 Å². The Morgan fingerprint density at radius 2 is 2.12 bits per heavy atom. The molecule has 2 aliphatic heterocycles. The van der Waals surface area contributed by atoms with Crippen LogP contribution in [0.15, 0.2) is 0 Å². The Morgan fingerprint density at radius 3 is 2.76 bits per heavy atom. The molecule has 2 N–H and O–H groups in total. The number of rotatable bonds is 2. The minimum Gasteiger partial charge on any atom is -0.359 e. The van der Waals surface area contributed by atoms with Crippen LogP contribution in [0.5, 0.6) is 0 Å². The van der Waals surface area contributed by atoms with E-state index in [2.05, 4.69) is 10.6 Å². The maximum atomic E-state index is 12.2. The summed E-state index contributed by atoms with van der Waals surface area (Å²) in [4.78, 5) is 25.7. The highest BCUT2D eigenvalue weighted by atomic mass is 16.2. The van der Waals surface area contributed by atoms with Gasteiger partial charge in [-0.25, -0.2) is 0 Å². The molecule has 17 heavy (non-hydrogen) atoms. The number of nitrogens with zero attached hydrogens (tertiary/aromatic N) is 1. The summed E-state index contributed by atoms with van der Waals surface area (Å²) in [6.07, 6.45) is 2.76. The normalized spacial score (nSPS) is 29.1. The second-order valence-electron chi connectivity index (χ2n) is 4.93. The van der Waals surface area contributed by atoms with Crippen LogP contribution in [-0.2, 0) is 9.59 Å². The van der Waals surface area contributed by atoms with Gasteiger partial charge in [0.1, 0.15) is 0 Å². The number of piperidine rings is 1. The summed E-state index contributed by atoms with van der Waals surface area (Å²) in [6.45, 7) is 3.13. The Hall–Kier alpha value is -1.10. The van der Waals surface area contributed by atoms with E-state index in [9.17, 15) is 9.59 Å². The van der Waals surface area contributed by atoms with Crippen molar-refractivity contribution in [3.8, 4) is 0 Å². The highest BCUT2D eigenvalue weighted by molar-refractivity contribution is 5.82. The van der Waals surface area contributed by atoms with E-state index >= 15 is 0 Å². The van der Waals surface area contributed by atoms with Gasteiger partial charge in [0.2, 0.25) is 11.8 Å². The third-order valence-corrected chi connectivity index (χ3v) is 3.76. The molecule has 2 amide bonds. The minimum absolute atomic E-state index is 0.0212. The standard InChI is InChI=1S/C12H21N3O2/c1-13-11(16)10-3-2-6-15(8-10)12(17)9-4-5-14-7-9/h9-10,14H,2-8H2,1H3,(H,13,16). The first kappa shape index (κ1) is 12.4. The van der Waals surface area contributed by atoms with Crippen molar-refractivity contribution in [2.75, 3.05) is 33.2 Å². The molecule has 2 aliphatic rings. The minimum atomic E-state index is -0.0212. The molecule has 0 aliphatic carbocycles. The lowest BCUT2D eigenvalue weighted by Gasteiger charge is -2.33. The molecule has 2 heterocycles. The molecule has 0 aromatic rings. The predicted octanol–water partition coefficient (Wildman–Crippen LogP) is -0.419. The van der Waals surface area contributed by atoms with E-state index in [0.717, 1.165) is 38.9 Å². The topological polar surface area (TPSA) is 61.4 Å². The lowest BCUT2D eigenvalue weighted by atomic mass is 9.95. The first-order valence-electron chi connectivity index (χ1n) is 6.43. The van der Waals surface area contributed by atoms with Gasteiger partial charge < -0.3 is 15.5 Å². The Kier molecular flexibility index (Phi) is 3.99. The van der Waals surface area contributed by atoms with Crippen LogP contribution in [0.4, 0.5) is 0 Å². The summed E-state index contributed by atoms with van der Waals surface area (Å²) in [5, 5.41) is 5.89. The fourth-order valence-electron chi connectivity index (χ4n) is 2.72. The molecule has 0 radical (unpaired) electrons. The number of amides is 2. The van der Waals surface area contributed by atoms with Crippen molar-refractivity contribution in [2.45, 2.75) is 19.3 Å². The Morgan fingerprint density at radius 1 is 1.29 bits per heavy atom. The molecule has 0 aromatic heterocycles. The van der Waals surface area contributed by atoms with Gasteiger partial charge in [-0.1, -0.05) is 0 Å². The molecule has 2 unspecified atom stereocenters. The highest BCUT2D eigenvalue weighted by Crippen LogP contribution is 2.20. The maximum Gasteiger partial charge on any atom is 0.227 e. The van der Waals surface area contributed by atoms with Gasteiger partial charge in [0, 0.05) is 26.7 Å². The van der Waals surface area contributed by atoms with Crippen molar-refractivity contribution >= 4 is 11.8 Å². The molecular weight excluding hydrogens is 218 g/mol. The number of carbonyl (C=O) groups is 2. The second kappa shape index (κ2) is 5.49. The zero-order valence-electron chi connectivity index (χ0n) is 10.4. The van der Waals surface area contributed by atoms with Crippen LogP contribution in [0.2, 0.25) is 0 Å². The monoisotopic (exact) mass is 239 g/mol. The lowest BCUT2D eigenvalue weighted by Crippen LogP contribution is -2.47. The Bertz CT molecular complexity index is 300. The molecule has 96 valence electrons. The third-order valence-electron chi connectivity index (χ3n) is 3.76. The highest BCUT2D eigenvalue weighted by Gasteiger charge is 2.32. The zero-order chi connectivity index (χ0) is 12.3. The van der Waals surface area contributed by atoms with Crippen LogP contribution in [0.1, 0.15) is 19.3 Å². The molecule has 0 saturated carbocycles. The van der Waals surface area contributed by atoms with Gasteiger partial charge in [0.25, 0.3) is 0 Å². The van der Waals surface area contributed by atoms with Gasteiger partial charge in [-0.05, 0) is 25.8 Å². The molecule has 5 heteroatoms.